The Bertz CT molecular complexity index is 412. The first-order valence-electron chi connectivity index (χ1n) is 5.97. The molecule has 0 fully saturated rings. The molecule has 0 saturated heterocycles. The fraction of sp³-hybridized carbons (Fsp3) is 0.571. The quantitative estimate of drug-likeness (QED) is 0.679. The van der Waals surface area contributed by atoms with E-state index in [1.165, 1.54) is 16.7 Å². The topological polar surface area (TPSA) is 20.2 Å². The van der Waals surface area contributed by atoms with Crippen LogP contribution in [0.4, 0.5) is 0 Å². The van der Waals surface area contributed by atoms with Gasteiger partial charge in [-0.2, -0.15) is 0 Å². The molecule has 1 aromatic carbocycles. The number of fused-ring (bicyclic) bond motifs is 1. The molecule has 2 heteroatoms. The van der Waals surface area contributed by atoms with Crippen LogP contribution in [-0.4, -0.2) is 5.11 Å². The molecule has 1 nitrogen and oxygen atoms in total. The van der Waals surface area contributed by atoms with Crippen molar-refractivity contribution < 1.29 is 5.11 Å². The second-order valence-corrected chi connectivity index (χ2v) is 5.50. The zero-order valence-corrected chi connectivity index (χ0v) is 10.9. The van der Waals surface area contributed by atoms with Crippen molar-refractivity contribution in [1.29, 1.82) is 0 Å². The number of aryl methyl sites for hydroxylation is 1. The number of aliphatic hydroxyl groups is 1. The summed E-state index contributed by atoms with van der Waals surface area (Å²) in [7, 11) is 0. The Hall–Kier alpha value is -0.530. The maximum Gasteiger partial charge on any atom is 0.0798 e. The van der Waals surface area contributed by atoms with Gasteiger partial charge in [0.15, 0.2) is 0 Å². The van der Waals surface area contributed by atoms with Crippen molar-refractivity contribution in [2.75, 3.05) is 0 Å². The highest BCUT2D eigenvalue weighted by molar-refractivity contribution is 6.31. The van der Waals surface area contributed by atoms with E-state index in [0.717, 1.165) is 29.8 Å². The van der Waals surface area contributed by atoms with Gasteiger partial charge in [0.2, 0.25) is 0 Å². The molecule has 1 aliphatic carbocycles. The number of hydrogen-bond acceptors (Lipinski definition) is 1. The van der Waals surface area contributed by atoms with E-state index in [1.807, 2.05) is 6.07 Å². The Labute approximate surface area is 102 Å². The van der Waals surface area contributed by atoms with Crippen LogP contribution in [0.15, 0.2) is 6.07 Å². The first-order valence-corrected chi connectivity index (χ1v) is 6.35. The molecule has 0 heterocycles. The normalized spacial score (nSPS) is 25.1. The highest BCUT2D eigenvalue weighted by atomic mass is 35.5. The Balaban J connectivity index is 2.59. The molecule has 2 unspecified atom stereocenters. The molecule has 0 saturated carbocycles. The van der Waals surface area contributed by atoms with Crippen LogP contribution in [0.3, 0.4) is 0 Å². The van der Waals surface area contributed by atoms with Crippen molar-refractivity contribution in [2.24, 2.45) is 5.92 Å². The Morgan fingerprint density at radius 1 is 1.38 bits per heavy atom. The fourth-order valence-corrected chi connectivity index (χ4v) is 3.03. The summed E-state index contributed by atoms with van der Waals surface area (Å²) in [5.41, 5.74) is 4.65. The lowest BCUT2D eigenvalue weighted by Gasteiger charge is -2.18. The standard InChI is InChI=1S/C14H19ClO/c1-8-4-5-11-12(15)7-9(2)10(3)14(11)13(16)6-8/h7-8,13,16H,4-6H2,1-3H3. The van der Waals surface area contributed by atoms with E-state index in [1.54, 1.807) is 0 Å². The molecule has 0 aromatic heterocycles. The molecular weight excluding hydrogens is 220 g/mol. The van der Waals surface area contributed by atoms with Gasteiger partial charge in [-0.15, -0.1) is 0 Å². The van der Waals surface area contributed by atoms with Crippen LogP contribution in [0.25, 0.3) is 0 Å². The SMILES string of the molecule is Cc1cc(Cl)c2c(c1C)C(O)CC(C)CC2. The van der Waals surface area contributed by atoms with E-state index >= 15 is 0 Å². The molecule has 2 rings (SSSR count). The lowest BCUT2D eigenvalue weighted by Crippen LogP contribution is -2.05. The third-order valence-corrected chi connectivity index (χ3v) is 4.14. The highest BCUT2D eigenvalue weighted by Gasteiger charge is 2.24. The average molecular weight is 239 g/mol. The van der Waals surface area contributed by atoms with Gasteiger partial charge < -0.3 is 5.11 Å². The third kappa shape index (κ3) is 1.99. The Kier molecular flexibility index (Phi) is 3.27. The van der Waals surface area contributed by atoms with Crippen LogP contribution in [-0.2, 0) is 6.42 Å². The predicted molar refractivity (Wildman–Crippen MR) is 68.0 cm³/mol. The van der Waals surface area contributed by atoms with Crippen molar-refractivity contribution in [1.82, 2.24) is 0 Å². The second kappa shape index (κ2) is 4.38. The molecule has 1 aromatic rings. The maximum atomic E-state index is 10.3. The van der Waals surface area contributed by atoms with Crippen molar-refractivity contribution in [2.45, 2.75) is 46.1 Å². The molecule has 0 bridgehead atoms. The van der Waals surface area contributed by atoms with Crippen LogP contribution in [0.1, 0.15) is 48.1 Å². The minimum Gasteiger partial charge on any atom is -0.388 e. The van der Waals surface area contributed by atoms with Gasteiger partial charge in [-0.3, -0.25) is 0 Å². The van der Waals surface area contributed by atoms with Crippen molar-refractivity contribution >= 4 is 11.6 Å². The van der Waals surface area contributed by atoms with Crippen LogP contribution in [0.2, 0.25) is 5.02 Å². The van der Waals surface area contributed by atoms with Crippen molar-refractivity contribution in [3.63, 3.8) is 0 Å². The minimum atomic E-state index is -0.343. The van der Waals surface area contributed by atoms with Crippen LogP contribution in [0, 0.1) is 19.8 Å². The van der Waals surface area contributed by atoms with E-state index < -0.39 is 0 Å². The summed E-state index contributed by atoms with van der Waals surface area (Å²) in [6.07, 6.45) is 2.62. The first kappa shape index (κ1) is 11.9. The summed E-state index contributed by atoms with van der Waals surface area (Å²) in [5.74, 6) is 0.568. The number of rotatable bonds is 0. The summed E-state index contributed by atoms with van der Waals surface area (Å²) < 4.78 is 0. The lowest BCUT2D eigenvalue weighted by atomic mass is 9.92. The van der Waals surface area contributed by atoms with Gasteiger partial charge in [0.05, 0.1) is 6.10 Å². The molecule has 1 N–H and O–H groups in total. The second-order valence-electron chi connectivity index (χ2n) is 5.09. The van der Waals surface area contributed by atoms with Crippen LogP contribution in [0.5, 0.6) is 0 Å². The molecule has 0 spiro atoms. The third-order valence-electron chi connectivity index (χ3n) is 3.80. The summed E-state index contributed by atoms with van der Waals surface area (Å²) in [6, 6.07) is 2.03. The number of benzene rings is 1. The first-order chi connectivity index (χ1) is 7.50. The van der Waals surface area contributed by atoms with Gasteiger partial charge in [-0.1, -0.05) is 18.5 Å². The molecule has 88 valence electrons. The van der Waals surface area contributed by atoms with E-state index in [-0.39, 0.29) is 6.10 Å². The van der Waals surface area contributed by atoms with Gasteiger partial charge in [0.1, 0.15) is 0 Å². The summed E-state index contributed by atoms with van der Waals surface area (Å²) in [4.78, 5) is 0. The molecular formula is C14H19ClO. The van der Waals surface area contributed by atoms with Gasteiger partial charge in [0, 0.05) is 5.02 Å². The van der Waals surface area contributed by atoms with Gasteiger partial charge >= 0.3 is 0 Å². The molecule has 2 atom stereocenters. The molecule has 0 aliphatic heterocycles. The zero-order valence-electron chi connectivity index (χ0n) is 10.2. The van der Waals surface area contributed by atoms with Gasteiger partial charge in [0.25, 0.3) is 0 Å². The van der Waals surface area contributed by atoms with E-state index in [0.29, 0.717) is 5.92 Å². The van der Waals surface area contributed by atoms with Gasteiger partial charge in [-0.05, 0) is 67.3 Å². The summed E-state index contributed by atoms with van der Waals surface area (Å²) in [6.45, 7) is 6.34. The lowest BCUT2D eigenvalue weighted by molar-refractivity contribution is 0.149. The maximum absolute atomic E-state index is 10.3. The largest absolute Gasteiger partial charge is 0.388 e. The van der Waals surface area contributed by atoms with Crippen LogP contribution >= 0.6 is 11.6 Å². The zero-order chi connectivity index (χ0) is 11.9. The fourth-order valence-electron chi connectivity index (χ4n) is 2.67. The number of halogens is 1. The average Bonchev–Trinajstić information content (AvgIpc) is 2.34. The van der Waals surface area contributed by atoms with Gasteiger partial charge in [-0.25, -0.2) is 0 Å². The molecule has 0 radical (unpaired) electrons. The summed E-state index contributed by atoms with van der Waals surface area (Å²) in [5, 5.41) is 11.1. The molecule has 16 heavy (non-hydrogen) atoms. The molecule has 1 aliphatic rings. The monoisotopic (exact) mass is 238 g/mol. The summed E-state index contributed by atoms with van der Waals surface area (Å²) >= 11 is 6.29. The van der Waals surface area contributed by atoms with E-state index in [4.69, 9.17) is 11.6 Å². The minimum absolute atomic E-state index is 0.343. The number of hydrogen-bond donors (Lipinski definition) is 1. The van der Waals surface area contributed by atoms with E-state index in [9.17, 15) is 5.11 Å². The Morgan fingerprint density at radius 2 is 2.06 bits per heavy atom. The highest BCUT2D eigenvalue weighted by Crippen LogP contribution is 2.38. The smallest absolute Gasteiger partial charge is 0.0798 e. The van der Waals surface area contributed by atoms with Crippen molar-refractivity contribution in [3.05, 3.63) is 33.3 Å². The predicted octanol–water partition coefficient (Wildman–Crippen LogP) is 3.96. The molecule has 0 amide bonds. The number of aliphatic hydroxyl groups excluding tert-OH is 1. The Morgan fingerprint density at radius 3 is 2.75 bits per heavy atom. The van der Waals surface area contributed by atoms with Crippen LogP contribution < -0.4 is 0 Å². The van der Waals surface area contributed by atoms with E-state index in [2.05, 4.69) is 20.8 Å². The van der Waals surface area contributed by atoms with Crippen molar-refractivity contribution in [3.8, 4) is 0 Å².